The second kappa shape index (κ2) is 7.92. The number of methoxy groups -OCH3 is 2. The summed E-state index contributed by atoms with van der Waals surface area (Å²) in [6.45, 7) is -0.371. The Morgan fingerprint density at radius 1 is 0.750 bits per heavy atom. The highest BCUT2D eigenvalue weighted by atomic mass is 16.5. The average Bonchev–Trinajstić information content (AvgIpc) is 2.65. The Kier molecular flexibility index (Phi) is 5.68. The van der Waals surface area contributed by atoms with Gasteiger partial charge < -0.3 is 14.2 Å². The fourth-order valence-electron chi connectivity index (χ4n) is 1.93. The third-order valence-electron chi connectivity index (χ3n) is 3.29. The minimum Gasteiger partial charge on any atom is -0.497 e. The van der Waals surface area contributed by atoms with Crippen molar-refractivity contribution in [3.8, 4) is 5.75 Å². The van der Waals surface area contributed by atoms with E-state index in [4.69, 9.17) is 9.47 Å². The fraction of sp³-hybridized carbons (Fsp3) is 0.167. The Bertz CT molecular complexity index is 731. The largest absolute Gasteiger partial charge is 0.497 e. The van der Waals surface area contributed by atoms with Gasteiger partial charge in [-0.15, -0.1) is 0 Å². The van der Waals surface area contributed by atoms with Crippen molar-refractivity contribution in [2.45, 2.75) is 0 Å². The topological polar surface area (TPSA) is 78.9 Å². The summed E-state index contributed by atoms with van der Waals surface area (Å²) in [5, 5.41) is 0. The van der Waals surface area contributed by atoms with Gasteiger partial charge in [0.15, 0.2) is 12.4 Å². The van der Waals surface area contributed by atoms with Gasteiger partial charge >= 0.3 is 11.9 Å². The van der Waals surface area contributed by atoms with Crippen LogP contribution in [0.5, 0.6) is 5.75 Å². The molecular weight excluding hydrogens is 312 g/mol. The molecule has 6 nitrogen and oxygen atoms in total. The maximum absolute atomic E-state index is 12.0. The van der Waals surface area contributed by atoms with Crippen LogP contribution in [0.2, 0.25) is 0 Å². The maximum Gasteiger partial charge on any atom is 0.338 e. The molecule has 0 saturated carbocycles. The molecule has 0 amide bonds. The number of rotatable bonds is 6. The summed E-state index contributed by atoms with van der Waals surface area (Å²) in [5.41, 5.74) is 0.984. The van der Waals surface area contributed by atoms with Gasteiger partial charge in [-0.3, -0.25) is 4.79 Å². The summed E-state index contributed by atoms with van der Waals surface area (Å²) in [5.74, 6) is -0.829. The highest BCUT2D eigenvalue weighted by Crippen LogP contribution is 2.12. The number of hydrogen-bond donors (Lipinski definition) is 0. The Balaban J connectivity index is 1.94. The van der Waals surface area contributed by atoms with Gasteiger partial charge in [0.05, 0.1) is 25.3 Å². The first-order chi connectivity index (χ1) is 11.5. The Labute approximate surface area is 139 Å². The summed E-state index contributed by atoms with van der Waals surface area (Å²) in [4.78, 5) is 35.2. The number of carbonyl (C=O) groups excluding carboxylic acids is 3. The van der Waals surface area contributed by atoms with Crippen LogP contribution in [0.4, 0.5) is 0 Å². The quantitative estimate of drug-likeness (QED) is 0.599. The molecule has 0 bridgehead atoms. The lowest BCUT2D eigenvalue weighted by molar-refractivity contribution is 0.0474. The molecular formula is C18H16O6. The first-order valence-electron chi connectivity index (χ1n) is 7.08. The normalized spacial score (nSPS) is 9.92. The van der Waals surface area contributed by atoms with E-state index in [1.54, 1.807) is 24.3 Å². The molecule has 6 heteroatoms. The van der Waals surface area contributed by atoms with Crippen molar-refractivity contribution in [2.24, 2.45) is 0 Å². The lowest BCUT2D eigenvalue weighted by Crippen LogP contribution is -2.14. The second-order valence-corrected chi connectivity index (χ2v) is 4.80. The van der Waals surface area contributed by atoms with Gasteiger partial charge in [0, 0.05) is 5.56 Å². The van der Waals surface area contributed by atoms with E-state index in [-0.39, 0.29) is 18.0 Å². The molecule has 24 heavy (non-hydrogen) atoms. The molecule has 0 atom stereocenters. The van der Waals surface area contributed by atoms with Crippen LogP contribution in [-0.4, -0.2) is 38.5 Å². The number of benzene rings is 2. The van der Waals surface area contributed by atoms with E-state index in [9.17, 15) is 14.4 Å². The van der Waals surface area contributed by atoms with Crippen LogP contribution in [0.1, 0.15) is 31.1 Å². The minimum atomic E-state index is -0.645. The summed E-state index contributed by atoms with van der Waals surface area (Å²) in [6, 6.07) is 12.3. The van der Waals surface area contributed by atoms with Crippen LogP contribution in [0.25, 0.3) is 0 Å². The molecule has 2 rings (SSSR count). The van der Waals surface area contributed by atoms with E-state index < -0.39 is 11.9 Å². The molecule has 0 unspecified atom stereocenters. The molecule has 0 aliphatic heterocycles. The monoisotopic (exact) mass is 328 g/mol. The molecule has 0 fully saturated rings. The first kappa shape index (κ1) is 17.2. The zero-order valence-corrected chi connectivity index (χ0v) is 13.3. The van der Waals surface area contributed by atoms with E-state index in [2.05, 4.69) is 4.74 Å². The first-order valence-corrected chi connectivity index (χ1v) is 7.08. The van der Waals surface area contributed by atoms with Gasteiger partial charge in [-0.2, -0.15) is 0 Å². The number of ether oxygens (including phenoxy) is 3. The molecule has 0 aromatic heterocycles. The van der Waals surface area contributed by atoms with Crippen molar-refractivity contribution in [1.82, 2.24) is 0 Å². The van der Waals surface area contributed by atoms with E-state index in [0.29, 0.717) is 16.9 Å². The summed E-state index contributed by atoms with van der Waals surface area (Å²) < 4.78 is 14.6. The molecule has 0 radical (unpaired) electrons. The molecule has 2 aromatic carbocycles. The van der Waals surface area contributed by atoms with E-state index in [1.807, 2.05) is 0 Å². The van der Waals surface area contributed by atoms with Gasteiger partial charge in [-0.25, -0.2) is 9.59 Å². The van der Waals surface area contributed by atoms with Crippen LogP contribution in [0, 0.1) is 0 Å². The molecule has 0 spiro atoms. The van der Waals surface area contributed by atoms with Gasteiger partial charge in [0.2, 0.25) is 0 Å². The van der Waals surface area contributed by atoms with Gasteiger partial charge in [-0.05, 0) is 48.5 Å². The van der Waals surface area contributed by atoms with Crippen molar-refractivity contribution in [3.63, 3.8) is 0 Å². The highest BCUT2D eigenvalue weighted by Gasteiger charge is 2.13. The molecule has 0 saturated heterocycles. The molecule has 0 aliphatic carbocycles. The number of esters is 2. The smallest absolute Gasteiger partial charge is 0.338 e. The summed E-state index contributed by atoms with van der Waals surface area (Å²) in [7, 11) is 2.80. The van der Waals surface area contributed by atoms with Crippen molar-refractivity contribution in [2.75, 3.05) is 20.8 Å². The molecule has 2 aromatic rings. The van der Waals surface area contributed by atoms with Gasteiger partial charge in [-0.1, -0.05) is 0 Å². The Morgan fingerprint density at radius 3 is 1.75 bits per heavy atom. The number of carbonyl (C=O) groups is 3. The van der Waals surface area contributed by atoms with Crippen molar-refractivity contribution in [1.29, 1.82) is 0 Å². The molecule has 0 aliphatic rings. The van der Waals surface area contributed by atoms with Crippen molar-refractivity contribution >= 4 is 17.7 Å². The van der Waals surface area contributed by atoms with Crippen LogP contribution >= 0.6 is 0 Å². The third-order valence-corrected chi connectivity index (χ3v) is 3.29. The zero-order chi connectivity index (χ0) is 17.5. The molecule has 0 N–H and O–H groups in total. The average molecular weight is 328 g/mol. The summed E-state index contributed by atoms with van der Waals surface area (Å²) in [6.07, 6.45) is 0. The minimum absolute atomic E-state index is 0.241. The SMILES string of the molecule is COC(=O)c1ccc(C(=O)OCC(=O)c2ccc(OC)cc2)cc1. The van der Waals surface area contributed by atoms with Crippen molar-refractivity contribution < 1.29 is 28.6 Å². The molecule has 0 heterocycles. The predicted molar refractivity (Wildman–Crippen MR) is 85.4 cm³/mol. The number of ketones is 1. The standard InChI is InChI=1S/C18H16O6/c1-22-15-9-7-12(8-10-15)16(19)11-24-18(21)14-5-3-13(4-6-14)17(20)23-2/h3-10H,11H2,1-2H3. The Hall–Kier alpha value is -3.15. The Morgan fingerprint density at radius 2 is 1.25 bits per heavy atom. The maximum atomic E-state index is 12.0. The third kappa shape index (κ3) is 4.19. The number of Topliss-reactive ketones (excluding diaryl/α,β-unsaturated/α-hetero) is 1. The van der Waals surface area contributed by atoms with E-state index >= 15 is 0 Å². The van der Waals surface area contributed by atoms with Crippen molar-refractivity contribution in [3.05, 3.63) is 65.2 Å². The fourth-order valence-corrected chi connectivity index (χ4v) is 1.93. The van der Waals surface area contributed by atoms with Crippen LogP contribution in [-0.2, 0) is 9.47 Å². The van der Waals surface area contributed by atoms with Gasteiger partial charge in [0.1, 0.15) is 5.75 Å². The summed E-state index contributed by atoms with van der Waals surface area (Å²) >= 11 is 0. The lowest BCUT2D eigenvalue weighted by Gasteiger charge is -2.06. The number of hydrogen-bond acceptors (Lipinski definition) is 6. The van der Waals surface area contributed by atoms with Crippen LogP contribution in [0.3, 0.4) is 0 Å². The van der Waals surface area contributed by atoms with E-state index in [0.717, 1.165) is 0 Å². The van der Waals surface area contributed by atoms with Gasteiger partial charge in [0.25, 0.3) is 0 Å². The van der Waals surface area contributed by atoms with Crippen LogP contribution in [0.15, 0.2) is 48.5 Å². The molecule has 124 valence electrons. The predicted octanol–water partition coefficient (Wildman–Crippen LogP) is 2.52. The highest BCUT2D eigenvalue weighted by molar-refractivity contribution is 5.99. The second-order valence-electron chi connectivity index (χ2n) is 4.80. The van der Waals surface area contributed by atoms with E-state index in [1.165, 1.54) is 38.5 Å². The lowest BCUT2D eigenvalue weighted by atomic mass is 10.1. The zero-order valence-electron chi connectivity index (χ0n) is 13.3. The van der Waals surface area contributed by atoms with Crippen LogP contribution < -0.4 is 4.74 Å².